The molecule has 0 aliphatic heterocycles. The van der Waals surface area contributed by atoms with E-state index in [1.807, 2.05) is 33.3 Å². The molecule has 0 saturated heterocycles. The molecule has 9 nitrogen and oxygen atoms in total. The lowest BCUT2D eigenvalue weighted by molar-refractivity contribution is -0.870. The van der Waals surface area contributed by atoms with Gasteiger partial charge < -0.3 is 28.5 Å². The predicted octanol–water partition coefficient (Wildman–Crippen LogP) is 16.0. The first-order chi connectivity index (χ1) is 33.6. The number of ether oxygens (including phenoxy) is 4. The molecule has 0 spiro atoms. The van der Waals surface area contributed by atoms with Crippen molar-refractivity contribution < 1.29 is 42.9 Å². The molecule has 9 heteroatoms. The van der Waals surface area contributed by atoms with Crippen LogP contribution in [0.15, 0.2) is 85.1 Å². The average Bonchev–Trinajstić information content (AvgIpc) is 3.31. The van der Waals surface area contributed by atoms with Crippen LogP contribution >= 0.6 is 0 Å². The Balaban J connectivity index is 4.35. The molecule has 0 saturated carbocycles. The van der Waals surface area contributed by atoms with Crippen molar-refractivity contribution in [2.24, 2.45) is 0 Å². The van der Waals surface area contributed by atoms with Crippen molar-refractivity contribution in [3.63, 3.8) is 0 Å². The number of rotatable bonds is 50. The molecule has 0 fully saturated rings. The number of unbranched alkanes of at least 4 members (excludes halogenated alkanes) is 21. The van der Waals surface area contributed by atoms with Crippen LogP contribution in [-0.2, 0) is 33.3 Å². The summed E-state index contributed by atoms with van der Waals surface area (Å²) in [5, 5.41) is 9.68. The third-order valence-electron chi connectivity index (χ3n) is 11.6. The van der Waals surface area contributed by atoms with Gasteiger partial charge in [-0.05, 0) is 77.0 Å². The average molecular weight is 967 g/mol. The van der Waals surface area contributed by atoms with Gasteiger partial charge in [-0.2, -0.15) is 0 Å². The second-order valence-corrected chi connectivity index (χ2v) is 19.5. The van der Waals surface area contributed by atoms with Crippen LogP contribution in [0.1, 0.15) is 219 Å². The minimum atomic E-state index is -1.53. The normalized spacial score (nSPS) is 13.5. The highest BCUT2D eigenvalue weighted by Gasteiger charge is 2.25. The van der Waals surface area contributed by atoms with Gasteiger partial charge in [-0.3, -0.25) is 9.59 Å². The minimum Gasteiger partial charge on any atom is -0.477 e. The molecule has 0 aromatic heterocycles. The van der Waals surface area contributed by atoms with Gasteiger partial charge in [0, 0.05) is 12.8 Å². The lowest BCUT2D eigenvalue weighted by Crippen LogP contribution is -2.40. The van der Waals surface area contributed by atoms with E-state index < -0.39 is 24.3 Å². The fourth-order valence-electron chi connectivity index (χ4n) is 7.39. The van der Waals surface area contributed by atoms with E-state index in [9.17, 15) is 19.5 Å². The second-order valence-electron chi connectivity index (χ2n) is 19.5. The molecule has 0 heterocycles. The maximum atomic E-state index is 12.8. The molecule has 0 aliphatic carbocycles. The Labute approximate surface area is 423 Å². The van der Waals surface area contributed by atoms with Gasteiger partial charge in [-0.1, -0.05) is 214 Å². The summed E-state index contributed by atoms with van der Waals surface area (Å²) in [6.45, 7) is 4.68. The van der Waals surface area contributed by atoms with E-state index in [1.165, 1.54) is 128 Å². The van der Waals surface area contributed by atoms with Gasteiger partial charge in [0.1, 0.15) is 13.2 Å². The standard InChI is InChI=1S/C60H103NO8/c1-6-8-10-12-14-16-18-20-22-24-26-27-28-29-30-31-33-34-36-38-40-42-44-46-48-50-57(62)67-54-56(55-68-60(59(64)65)66-53-52-61(3,4)5)69-58(63)51-49-47-45-43-41-39-37-35-32-25-23-21-19-17-15-13-11-9-7-2/h9,11,15,17,21,23-24,26,32,35,39,41,45,47,56,60H,6-8,10,12-14,16,18-20,22,25,27-31,33-34,36-38,40,42-44,46,48-55H2,1-5H3/p+1/b11-9-,17-15-,23-21-,26-24-,35-32-,41-39-,47-45-. The van der Waals surface area contributed by atoms with Crippen molar-refractivity contribution in [1.82, 2.24) is 0 Å². The van der Waals surface area contributed by atoms with Crippen molar-refractivity contribution >= 4 is 17.9 Å². The Morgan fingerprint density at radius 1 is 0.449 bits per heavy atom. The van der Waals surface area contributed by atoms with Gasteiger partial charge in [0.05, 0.1) is 34.4 Å². The quantitative estimate of drug-likeness (QED) is 0.0211. The molecule has 0 aliphatic rings. The number of esters is 2. The van der Waals surface area contributed by atoms with Crippen LogP contribution in [0.3, 0.4) is 0 Å². The molecular formula is C60H104NO8+. The largest absolute Gasteiger partial charge is 0.477 e. The van der Waals surface area contributed by atoms with Gasteiger partial charge >= 0.3 is 17.9 Å². The molecule has 396 valence electrons. The number of quaternary nitrogens is 1. The molecule has 2 atom stereocenters. The maximum Gasteiger partial charge on any atom is 0.361 e. The van der Waals surface area contributed by atoms with Crippen LogP contribution in [0.5, 0.6) is 0 Å². The first-order valence-electron chi connectivity index (χ1n) is 27.8. The first-order valence-corrected chi connectivity index (χ1v) is 27.8. The Morgan fingerprint density at radius 3 is 1.29 bits per heavy atom. The molecule has 69 heavy (non-hydrogen) atoms. The fraction of sp³-hybridized carbons (Fsp3) is 0.717. The number of carbonyl (C=O) groups is 3. The summed E-state index contributed by atoms with van der Waals surface area (Å²) in [7, 11) is 5.94. The molecule has 0 rings (SSSR count). The molecule has 0 radical (unpaired) electrons. The summed E-state index contributed by atoms with van der Waals surface area (Å²) in [6, 6.07) is 0. The fourth-order valence-corrected chi connectivity index (χ4v) is 7.39. The van der Waals surface area contributed by atoms with Crippen molar-refractivity contribution in [3.05, 3.63) is 85.1 Å². The van der Waals surface area contributed by atoms with Gasteiger partial charge in [-0.15, -0.1) is 0 Å². The van der Waals surface area contributed by atoms with E-state index in [0.29, 0.717) is 17.4 Å². The lowest BCUT2D eigenvalue weighted by Gasteiger charge is -2.25. The van der Waals surface area contributed by atoms with Crippen LogP contribution in [0, 0.1) is 0 Å². The van der Waals surface area contributed by atoms with E-state index in [-0.39, 0.29) is 38.6 Å². The van der Waals surface area contributed by atoms with E-state index in [2.05, 4.69) is 86.8 Å². The van der Waals surface area contributed by atoms with E-state index >= 15 is 0 Å². The van der Waals surface area contributed by atoms with Crippen molar-refractivity contribution in [2.45, 2.75) is 232 Å². The Morgan fingerprint density at radius 2 is 0.855 bits per heavy atom. The highest BCUT2D eigenvalue weighted by atomic mass is 16.7. The monoisotopic (exact) mass is 967 g/mol. The number of carbonyl (C=O) groups excluding carboxylic acids is 2. The van der Waals surface area contributed by atoms with E-state index in [4.69, 9.17) is 18.9 Å². The van der Waals surface area contributed by atoms with Crippen LogP contribution < -0.4 is 0 Å². The zero-order valence-corrected chi connectivity index (χ0v) is 44.9. The van der Waals surface area contributed by atoms with E-state index in [0.717, 1.165) is 57.8 Å². The number of aliphatic carboxylic acids is 1. The smallest absolute Gasteiger partial charge is 0.361 e. The van der Waals surface area contributed by atoms with Crippen LogP contribution in [0.2, 0.25) is 0 Å². The predicted molar refractivity (Wildman–Crippen MR) is 290 cm³/mol. The SMILES string of the molecule is CC/C=C\C/C=C\C/C=C\C/C=C\C/C=C\C/C=C\CCC(=O)OC(COC(=O)CCCCCCCCCCCCCCC/C=C\CCCCCCCCCC)COC(OCC[N+](C)(C)C)C(=O)O. The highest BCUT2D eigenvalue weighted by molar-refractivity contribution is 5.71. The molecule has 0 bridgehead atoms. The Bertz CT molecular complexity index is 1400. The maximum absolute atomic E-state index is 12.8. The van der Waals surface area contributed by atoms with Crippen LogP contribution in [-0.4, -0.2) is 87.4 Å². The third-order valence-corrected chi connectivity index (χ3v) is 11.6. The Kier molecular flexibility index (Phi) is 48.2. The van der Waals surface area contributed by atoms with Crippen LogP contribution in [0.25, 0.3) is 0 Å². The van der Waals surface area contributed by atoms with Gasteiger partial charge in [0.25, 0.3) is 6.29 Å². The zero-order valence-electron chi connectivity index (χ0n) is 44.9. The third kappa shape index (κ3) is 52.1. The van der Waals surface area contributed by atoms with E-state index in [1.54, 1.807) is 0 Å². The summed E-state index contributed by atoms with van der Waals surface area (Å²) < 4.78 is 22.7. The highest BCUT2D eigenvalue weighted by Crippen LogP contribution is 2.15. The minimum absolute atomic E-state index is 0.132. The number of allylic oxidation sites excluding steroid dienone is 14. The summed E-state index contributed by atoms with van der Waals surface area (Å²) in [4.78, 5) is 37.3. The van der Waals surface area contributed by atoms with Gasteiger partial charge in [-0.25, -0.2) is 4.79 Å². The topological polar surface area (TPSA) is 108 Å². The van der Waals surface area contributed by atoms with Crippen molar-refractivity contribution in [3.8, 4) is 0 Å². The summed E-state index contributed by atoms with van der Waals surface area (Å²) in [5.74, 6) is -2.12. The zero-order chi connectivity index (χ0) is 50.6. The number of carboxylic acids is 1. The van der Waals surface area contributed by atoms with Gasteiger partial charge in [0.15, 0.2) is 6.10 Å². The number of hydrogen-bond donors (Lipinski definition) is 1. The second kappa shape index (κ2) is 50.8. The summed E-state index contributed by atoms with van der Waals surface area (Å²) in [6.07, 6.45) is 63.9. The molecule has 0 amide bonds. The molecule has 2 unspecified atom stereocenters. The number of hydrogen-bond acceptors (Lipinski definition) is 7. The van der Waals surface area contributed by atoms with Crippen molar-refractivity contribution in [2.75, 3.05) is 47.5 Å². The van der Waals surface area contributed by atoms with Crippen molar-refractivity contribution in [1.29, 1.82) is 0 Å². The molecule has 0 aromatic carbocycles. The number of carboxylic acid groups (broad SMARTS) is 1. The first kappa shape index (κ1) is 65.5. The number of likely N-dealkylation sites (N-methyl/N-ethyl adjacent to an activating group) is 1. The van der Waals surface area contributed by atoms with Gasteiger partial charge in [0.2, 0.25) is 0 Å². The molecule has 1 N–H and O–H groups in total. The summed E-state index contributed by atoms with van der Waals surface area (Å²) >= 11 is 0. The lowest BCUT2D eigenvalue weighted by atomic mass is 10.0. The molecule has 0 aromatic rings. The number of nitrogens with zero attached hydrogens (tertiary/aromatic N) is 1. The molecular weight excluding hydrogens is 863 g/mol. The summed E-state index contributed by atoms with van der Waals surface area (Å²) in [5.41, 5.74) is 0. The van der Waals surface area contributed by atoms with Crippen LogP contribution in [0.4, 0.5) is 0 Å². The Hall–Kier alpha value is -3.53.